The summed E-state index contributed by atoms with van der Waals surface area (Å²) in [4.78, 5) is 12.4. The lowest BCUT2D eigenvalue weighted by Gasteiger charge is -2.12. The van der Waals surface area contributed by atoms with Crippen LogP contribution in [-0.4, -0.2) is 20.0 Å². The minimum Gasteiger partial charge on any atom is -0.495 e. The third-order valence-electron chi connectivity index (χ3n) is 2.91. The van der Waals surface area contributed by atoms with Crippen LogP contribution < -0.4 is 9.47 Å². The number of ketones is 1. The first-order valence-electron chi connectivity index (χ1n) is 5.89. The van der Waals surface area contributed by atoms with Crippen LogP contribution >= 0.6 is 11.6 Å². The molecule has 0 heterocycles. The van der Waals surface area contributed by atoms with Crippen molar-refractivity contribution in [3.05, 3.63) is 58.1 Å². The van der Waals surface area contributed by atoms with Gasteiger partial charge in [-0.15, -0.1) is 0 Å². The Morgan fingerprint density at radius 3 is 2.29 bits per heavy atom. The van der Waals surface area contributed by atoms with E-state index in [4.69, 9.17) is 21.1 Å². The Labute approximate surface area is 125 Å². The van der Waals surface area contributed by atoms with Crippen LogP contribution in [0.3, 0.4) is 0 Å². The molecule has 2 aromatic carbocycles. The van der Waals surface area contributed by atoms with Gasteiger partial charge in [0.25, 0.3) is 0 Å². The van der Waals surface area contributed by atoms with E-state index >= 15 is 0 Å². The highest BCUT2D eigenvalue weighted by Crippen LogP contribution is 2.37. The molecule has 0 bridgehead atoms. The van der Waals surface area contributed by atoms with E-state index in [0.29, 0.717) is 11.8 Å². The highest BCUT2D eigenvalue weighted by atomic mass is 35.5. The lowest BCUT2D eigenvalue weighted by atomic mass is 10.0. The maximum absolute atomic E-state index is 13.7. The van der Waals surface area contributed by atoms with E-state index in [1.165, 1.54) is 26.4 Å². The maximum atomic E-state index is 13.7. The second kappa shape index (κ2) is 6.10. The van der Waals surface area contributed by atoms with Gasteiger partial charge >= 0.3 is 0 Å². The standard InChI is InChI=1S/C15H11ClF2O3/c1-20-12-6-5-10(15(21-2)13(12)16)14(19)9-4-3-8(17)7-11(9)18/h3-7H,1-2H3. The molecule has 0 saturated carbocycles. The van der Waals surface area contributed by atoms with Crippen molar-refractivity contribution < 1.29 is 23.0 Å². The molecule has 2 aromatic rings. The topological polar surface area (TPSA) is 35.5 Å². The lowest BCUT2D eigenvalue weighted by molar-refractivity contribution is 0.103. The molecule has 0 amide bonds. The zero-order valence-electron chi connectivity index (χ0n) is 11.2. The largest absolute Gasteiger partial charge is 0.495 e. The van der Waals surface area contributed by atoms with E-state index in [-0.39, 0.29) is 21.9 Å². The van der Waals surface area contributed by atoms with Crippen molar-refractivity contribution in [2.75, 3.05) is 14.2 Å². The molecule has 0 spiro atoms. The molecular formula is C15H11ClF2O3. The van der Waals surface area contributed by atoms with Gasteiger partial charge in [0.05, 0.1) is 25.3 Å². The predicted octanol–water partition coefficient (Wildman–Crippen LogP) is 3.87. The first-order valence-corrected chi connectivity index (χ1v) is 6.27. The summed E-state index contributed by atoms with van der Waals surface area (Å²) >= 11 is 6.05. The van der Waals surface area contributed by atoms with Gasteiger partial charge in [-0.1, -0.05) is 11.6 Å². The Morgan fingerprint density at radius 2 is 1.71 bits per heavy atom. The van der Waals surface area contributed by atoms with Crippen molar-refractivity contribution in [2.45, 2.75) is 0 Å². The summed E-state index contributed by atoms with van der Waals surface area (Å²) < 4.78 is 36.7. The fraction of sp³-hybridized carbons (Fsp3) is 0.133. The molecule has 6 heteroatoms. The van der Waals surface area contributed by atoms with E-state index in [9.17, 15) is 13.6 Å². The summed E-state index contributed by atoms with van der Waals surface area (Å²) in [5.41, 5.74) is -0.204. The SMILES string of the molecule is COc1ccc(C(=O)c2ccc(F)cc2F)c(OC)c1Cl. The van der Waals surface area contributed by atoms with Gasteiger partial charge in [-0.3, -0.25) is 4.79 Å². The van der Waals surface area contributed by atoms with E-state index in [1.54, 1.807) is 0 Å². The van der Waals surface area contributed by atoms with Gasteiger partial charge in [-0.25, -0.2) is 8.78 Å². The summed E-state index contributed by atoms with van der Waals surface area (Å²) in [6.45, 7) is 0. The monoisotopic (exact) mass is 312 g/mol. The van der Waals surface area contributed by atoms with Crippen LogP contribution in [-0.2, 0) is 0 Å². The Morgan fingerprint density at radius 1 is 1.05 bits per heavy atom. The third kappa shape index (κ3) is 2.83. The van der Waals surface area contributed by atoms with Crippen molar-refractivity contribution in [3.63, 3.8) is 0 Å². The summed E-state index contributed by atoms with van der Waals surface area (Å²) in [6, 6.07) is 5.61. The second-order valence-electron chi connectivity index (χ2n) is 4.12. The predicted molar refractivity (Wildman–Crippen MR) is 74.3 cm³/mol. The smallest absolute Gasteiger partial charge is 0.199 e. The summed E-state index contributed by atoms with van der Waals surface area (Å²) in [5.74, 6) is -1.97. The molecule has 21 heavy (non-hydrogen) atoms. The second-order valence-corrected chi connectivity index (χ2v) is 4.49. The third-order valence-corrected chi connectivity index (χ3v) is 3.26. The first-order chi connectivity index (χ1) is 9.99. The van der Waals surface area contributed by atoms with Crippen LogP contribution in [0, 0.1) is 11.6 Å². The highest BCUT2D eigenvalue weighted by molar-refractivity contribution is 6.34. The average molecular weight is 313 g/mol. The van der Waals surface area contributed by atoms with E-state index in [1.807, 2.05) is 0 Å². The number of carbonyl (C=O) groups excluding carboxylic acids is 1. The number of benzene rings is 2. The van der Waals surface area contributed by atoms with E-state index in [2.05, 4.69) is 0 Å². The zero-order valence-corrected chi connectivity index (χ0v) is 12.0. The van der Waals surface area contributed by atoms with E-state index < -0.39 is 17.4 Å². The molecule has 0 N–H and O–H groups in total. The Kier molecular flexibility index (Phi) is 4.43. The molecular weight excluding hydrogens is 302 g/mol. The van der Waals surface area contributed by atoms with Gasteiger partial charge in [0.1, 0.15) is 22.4 Å². The molecule has 0 saturated heterocycles. The molecule has 0 aromatic heterocycles. The Hall–Kier alpha value is -2.14. The molecule has 0 unspecified atom stereocenters. The molecule has 0 aliphatic rings. The molecule has 3 nitrogen and oxygen atoms in total. The fourth-order valence-corrected chi connectivity index (χ4v) is 2.21. The van der Waals surface area contributed by atoms with Crippen LogP contribution in [0.4, 0.5) is 8.78 Å². The van der Waals surface area contributed by atoms with Gasteiger partial charge in [-0.2, -0.15) is 0 Å². The van der Waals surface area contributed by atoms with Gasteiger partial charge in [0.15, 0.2) is 11.5 Å². The van der Waals surface area contributed by atoms with Crippen molar-refractivity contribution in [1.82, 2.24) is 0 Å². The summed E-state index contributed by atoms with van der Waals surface area (Å²) in [5, 5.41) is 0.105. The van der Waals surface area contributed by atoms with Gasteiger partial charge in [0.2, 0.25) is 0 Å². The van der Waals surface area contributed by atoms with Gasteiger partial charge in [-0.05, 0) is 24.3 Å². The minimum absolute atomic E-state index is 0.0637. The van der Waals surface area contributed by atoms with Gasteiger partial charge < -0.3 is 9.47 Å². The van der Waals surface area contributed by atoms with Crippen LogP contribution in [0.5, 0.6) is 11.5 Å². The number of halogens is 3. The molecule has 2 rings (SSSR count). The molecule has 0 aliphatic carbocycles. The Balaban J connectivity index is 2.55. The van der Waals surface area contributed by atoms with Crippen molar-refractivity contribution in [3.8, 4) is 11.5 Å². The van der Waals surface area contributed by atoms with Crippen LogP contribution in [0.25, 0.3) is 0 Å². The normalized spacial score (nSPS) is 10.3. The maximum Gasteiger partial charge on any atom is 0.199 e. The number of carbonyl (C=O) groups is 1. The van der Waals surface area contributed by atoms with Crippen LogP contribution in [0.2, 0.25) is 5.02 Å². The van der Waals surface area contributed by atoms with Crippen molar-refractivity contribution in [2.24, 2.45) is 0 Å². The molecule has 0 atom stereocenters. The molecule has 0 aliphatic heterocycles. The number of methoxy groups -OCH3 is 2. The Bertz CT molecular complexity index is 702. The number of hydrogen-bond acceptors (Lipinski definition) is 3. The van der Waals surface area contributed by atoms with Crippen LogP contribution in [0.1, 0.15) is 15.9 Å². The molecule has 110 valence electrons. The molecule has 0 radical (unpaired) electrons. The molecule has 0 fully saturated rings. The first kappa shape index (κ1) is 15.3. The highest BCUT2D eigenvalue weighted by Gasteiger charge is 2.22. The minimum atomic E-state index is -0.950. The van der Waals surface area contributed by atoms with E-state index in [0.717, 1.165) is 12.1 Å². The summed E-state index contributed by atoms with van der Waals surface area (Å²) in [6.07, 6.45) is 0. The van der Waals surface area contributed by atoms with Crippen molar-refractivity contribution in [1.29, 1.82) is 0 Å². The number of hydrogen-bond donors (Lipinski definition) is 0. The average Bonchev–Trinajstić information content (AvgIpc) is 2.46. The number of ether oxygens (including phenoxy) is 2. The quantitative estimate of drug-likeness (QED) is 0.804. The zero-order chi connectivity index (χ0) is 15.6. The van der Waals surface area contributed by atoms with Gasteiger partial charge in [0, 0.05) is 6.07 Å². The summed E-state index contributed by atoms with van der Waals surface area (Å²) in [7, 11) is 2.75. The number of rotatable bonds is 4. The lowest BCUT2D eigenvalue weighted by Crippen LogP contribution is -2.07. The van der Waals surface area contributed by atoms with Crippen LogP contribution in [0.15, 0.2) is 30.3 Å². The van der Waals surface area contributed by atoms with Crippen molar-refractivity contribution >= 4 is 17.4 Å². The fourth-order valence-electron chi connectivity index (χ4n) is 1.89.